The van der Waals surface area contributed by atoms with Gasteiger partial charge in [-0.1, -0.05) is 0 Å². The Labute approximate surface area is 222 Å². The zero-order valence-electron chi connectivity index (χ0n) is 22.3. The molecule has 1 aliphatic heterocycles. The van der Waals surface area contributed by atoms with Gasteiger partial charge < -0.3 is 19.3 Å². The standard InChI is InChI=1S/C28H33N7O3/c1-20(36)34-10-7-33(8-11-34)9-12-35(23-13-24(37-3)16-25(14-23)38-4)22-5-6-26-27(15-22)31-28(18-29-26)21-17-30-32(2)19-21/h5-6,13-19H,7-12H2,1-4H3. The molecule has 10 heteroatoms. The van der Waals surface area contributed by atoms with Crippen molar-refractivity contribution in [3.63, 3.8) is 0 Å². The molecule has 2 aromatic carbocycles. The van der Waals surface area contributed by atoms with E-state index < -0.39 is 0 Å². The van der Waals surface area contributed by atoms with Crippen LogP contribution in [0.5, 0.6) is 11.5 Å². The zero-order chi connectivity index (χ0) is 26.6. The second-order valence-electron chi connectivity index (χ2n) is 9.40. The third kappa shape index (κ3) is 5.55. The van der Waals surface area contributed by atoms with Crippen molar-refractivity contribution in [2.75, 3.05) is 58.4 Å². The number of nitrogens with zero attached hydrogens (tertiary/aromatic N) is 7. The van der Waals surface area contributed by atoms with Crippen LogP contribution in [0, 0.1) is 0 Å². The molecule has 0 bridgehead atoms. The summed E-state index contributed by atoms with van der Waals surface area (Å²) >= 11 is 0. The summed E-state index contributed by atoms with van der Waals surface area (Å²) in [6, 6.07) is 12.0. The fourth-order valence-electron chi connectivity index (χ4n) is 4.74. The predicted octanol–water partition coefficient (Wildman–Crippen LogP) is 3.35. The van der Waals surface area contributed by atoms with Gasteiger partial charge in [0.05, 0.1) is 43.3 Å². The number of rotatable bonds is 8. The number of hydrogen-bond acceptors (Lipinski definition) is 8. The van der Waals surface area contributed by atoms with Gasteiger partial charge in [-0.3, -0.25) is 19.4 Å². The number of carbonyl (C=O) groups is 1. The first-order valence-corrected chi connectivity index (χ1v) is 12.7. The smallest absolute Gasteiger partial charge is 0.219 e. The number of ether oxygens (including phenoxy) is 2. The molecule has 1 saturated heterocycles. The normalized spacial score (nSPS) is 14.1. The van der Waals surface area contributed by atoms with Crippen molar-refractivity contribution in [3.05, 3.63) is 55.0 Å². The summed E-state index contributed by atoms with van der Waals surface area (Å²) in [5.74, 6) is 1.58. The molecule has 38 heavy (non-hydrogen) atoms. The van der Waals surface area contributed by atoms with E-state index in [9.17, 15) is 4.79 Å². The Morgan fingerprint density at radius 2 is 1.68 bits per heavy atom. The molecule has 0 radical (unpaired) electrons. The Kier molecular flexibility index (Phi) is 7.41. The fraction of sp³-hybridized carbons (Fsp3) is 0.357. The van der Waals surface area contributed by atoms with Crippen LogP contribution >= 0.6 is 0 Å². The Hall–Kier alpha value is -4.18. The lowest BCUT2D eigenvalue weighted by atomic mass is 10.2. The summed E-state index contributed by atoms with van der Waals surface area (Å²) in [6.07, 6.45) is 5.51. The average Bonchev–Trinajstić information content (AvgIpc) is 3.39. The lowest BCUT2D eigenvalue weighted by Gasteiger charge is -2.36. The Morgan fingerprint density at radius 3 is 2.32 bits per heavy atom. The number of aromatic nitrogens is 4. The van der Waals surface area contributed by atoms with Crippen LogP contribution in [0.4, 0.5) is 11.4 Å². The number of amides is 1. The van der Waals surface area contributed by atoms with Gasteiger partial charge >= 0.3 is 0 Å². The molecular weight excluding hydrogens is 482 g/mol. The zero-order valence-corrected chi connectivity index (χ0v) is 22.3. The molecule has 1 amide bonds. The topological polar surface area (TPSA) is 88.9 Å². The number of fused-ring (bicyclic) bond motifs is 1. The second kappa shape index (κ2) is 11.1. The van der Waals surface area contributed by atoms with Crippen molar-refractivity contribution < 1.29 is 14.3 Å². The van der Waals surface area contributed by atoms with E-state index >= 15 is 0 Å². The Morgan fingerprint density at radius 1 is 0.947 bits per heavy atom. The van der Waals surface area contributed by atoms with Crippen LogP contribution in [0.25, 0.3) is 22.3 Å². The van der Waals surface area contributed by atoms with E-state index in [0.29, 0.717) is 0 Å². The third-order valence-corrected chi connectivity index (χ3v) is 6.94. The average molecular weight is 516 g/mol. The van der Waals surface area contributed by atoms with E-state index in [0.717, 1.165) is 84.4 Å². The lowest BCUT2D eigenvalue weighted by molar-refractivity contribution is -0.130. The molecule has 10 nitrogen and oxygen atoms in total. The summed E-state index contributed by atoms with van der Waals surface area (Å²) in [5, 5.41) is 4.26. The van der Waals surface area contributed by atoms with Crippen LogP contribution in [0.15, 0.2) is 55.0 Å². The third-order valence-electron chi connectivity index (χ3n) is 6.94. The molecule has 1 fully saturated rings. The summed E-state index contributed by atoms with van der Waals surface area (Å²) in [5.41, 5.74) is 5.28. The first-order chi connectivity index (χ1) is 18.4. The molecular formula is C28H33N7O3. The highest BCUT2D eigenvalue weighted by Crippen LogP contribution is 2.34. The van der Waals surface area contributed by atoms with Gasteiger partial charge in [-0.15, -0.1) is 0 Å². The van der Waals surface area contributed by atoms with Crippen LogP contribution in [0.3, 0.4) is 0 Å². The summed E-state index contributed by atoms with van der Waals surface area (Å²) in [4.78, 5) is 27.8. The Bertz CT molecular complexity index is 1410. The Balaban J connectivity index is 1.47. The molecule has 1 aliphatic rings. The van der Waals surface area contributed by atoms with Crippen molar-refractivity contribution in [3.8, 4) is 22.8 Å². The maximum absolute atomic E-state index is 11.7. The minimum atomic E-state index is 0.137. The lowest BCUT2D eigenvalue weighted by Crippen LogP contribution is -2.49. The number of benzene rings is 2. The molecule has 5 rings (SSSR count). The molecule has 4 aromatic rings. The van der Waals surface area contributed by atoms with E-state index in [1.54, 1.807) is 38.2 Å². The number of aryl methyl sites for hydroxylation is 1. The van der Waals surface area contributed by atoms with Crippen molar-refractivity contribution in [2.45, 2.75) is 6.92 Å². The molecule has 0 spiro atoms. The highest BCUT2D eigenvalue weighted by Gasteiger charge is 2.20. The summed E-state index contributed by atoms with van der Waals surface area (Å²) < 4.78 is 12.9. The molecule has 0 saturated carbocycles. The van der Waals surface area contributed by atoms with Gasteiger partial charge in [-0.05, 0) is 18.2 Å². The molecule has 2 aromatic heterocycles. The van der Waals surface area contributed by atoms with Gasteiger partial charge in [0.1, 0.15) is 11.5 Å². The van der Waals surface area contributed by atoms with Gasteiger partial charge in [-0.25, -0.2) is 4.98 Å². The first-order valence-electron chi connectivity index (χ1n) is 12.7. The second-order valence-corrected chi connectivity index (χ2v) is 9.40. The van der Waals surface area contributed by atoms with Crippen LogP contribution in [0.2, 0.25) is 0 Å². The maximum Gasteiger partial charge on any atom is 0.219 e. The molecule has 198 valence electrons. The summed E-state index contributed by atoms with van der Waals surface area (Å²) in [6.45, 7) is 6.42. The quantitative estimate of drug-likeness (QED) is 0.353. The van der Waals surface area contributed by atoms with Crippen molar-refractivity contribution in [2.24, 2.45) is 7.05 Å². The van der Waals surface area contributed by atoms with Crippen molar-refractivity contribution in [1.29, 1.82) is 0 Å². The molecule has 0 N–H and O–H groups in total. The van der Waals surface area contributed by atoms with Gasteiger partial charge in [0.25, 0.3) is 0 Å². The number of hydrogen-bond donors (Lipinski definition) is 0. The van der Waals surface area contributed by atoms with Gasteiger partial charge in [0.2, 0.25) is 5.91 Å². The fourth-order valence-corrected chi connectivity index (χ4v) is 4.74. The number of methoxy groups -OCH3 is 2. The molecule has 0 aliphatic carbocycles. The number of carbonyl (C=O) groups excluding carboxylic acids is 1. The molecule has 3 heterocycles. The van der Waals surface area contributed by atoms with Gasteiger partial charge in [0, 0.05) is 94.6 Å². The minimum absolute atomic E-state index is 0.137. The molecule has 0 atom stereocenters. The molecule has 0 unspecified atom stereocenters. The van der Waals surface area contributed by atoms with E-state index in [1.165, 1.54) is 0 Å². The monoisotopic (exact) mass is 515 g/mol. The van der Waals surface area contributed by atoms with E-state index in [4.69, 9.17) is 14.5 Å². The van der Waals surface area contributed by atoms with E-state index in [1.807, 2.05) is 42.4 Å². The van der Waals surface area contributed by atoms with E-state index in [-0.39, 0.29) is 5.91 Å². The first kappa shape index (κ1) is 25.5. The largest absolute Gasteiger partial charge is 0.497 e. The number of piperazine rings is 1. The summed E-state index contributed by atoms with van der Waals surface area (Å²) in [7, 11) is 5.20. The highest BCUT2D eigenvalue weighted by atomic mass is 16.5. The van der Waals surface area contributed by atoms with Crippen LogP contribution in [-0.2, 0) is 11.8 Å². The highest BCUT2D eigenvalue weighted by molar-refractivity contribution is 5.82. The van der Waals surface area contributed by atoms with Crippen LogP contribution in [-0.4, -0.2) is 88.9 Å². The van der Waals surface area contributed by atoms with Crippen LogP contribution in [0.1, 0.15) is 6.92 Å². The predicted molar refractivity (Wildman–Crippen MR) is 147 cm³/mol. The minimum Gasteiger partial charge on any atom is -0.497 e. The number of anilines is 2. The van der Waals surface area contributed by atoms with Crippen molar-refractivity contribution in [1.82, 2.24) is 29.5 Å². The SMILES string of the molecule is COc1cc(OC)cc(N(CCN2CCN(C(C)=O)CC2)c2ccc3ncc(-c4cnn(C)c4)nc3c2)c1. The van der Waals surface area contributed by atoms with E-state index in [2.05, 4.69) is 32.0 Å². The van der Waals surface area contributed by atoms with Crippen LogP contribution < -0.4 is 14.4 Å². The van der Waals surface area contributed by atoms with Gasteiger partial charge in [0.15, 0.2) is 0 Å². The van der Waals surface area contributed by atoms with Gasteiger partial charge in [-0.2, -0.15) is 5.10 Å². The maximum atomic E-state index is 11.7. The van der Waals surface area contributed by atoms with Crippen molar-refractivity contribution >= 4 is 28.3 Å².